The first-order chi connectivity index (χ1) is 12.0. The zero-order chi connectivity index (χ0) is 18.0. The second-order valence-electron chi connectivity index (χ2n) is 7.09. The van der Waals surface area contributed by atoms with Crippen LogP contribution >= 0.6 is 0 Å². The fraction of sp³-hybridized carbons (Fsp3) is 0.722. The molecule has 1 aromatic rings. The van der Waals surface area contributed by atoms with Crippen molar-refractivity contribution in [3.63, 3.8) is 0 Å². The maximum atomic E-state index is 12.7. The molecule has 7 heteroatoms. The summed E-state index contributed by atoms with van der Waals surface area (Å²) in [6.07, 6.45) is 3.65. The molecule has 3 amide bonds. The fourth-order valence-electron chi connectivity index (χ4n) is 3.54. The van der Waals surface area contributed by atoms with Gasteiger partial charge in [0.15, 0.2) is 0 Å². The van der Waals surface area contributed by atoms with Gasteiger partial charge in [-0.3, -0.25) is 4.79 Å². The van der Waals surface area contributed by atoms with Gasteiger partial charge >= 0.3 is 6.03 Å². The average molecular weight is 348 g/mol. The molecule has 1 aliphatic carbocycles. The van der Waals surface area contributed by atoms with Crippen LogP contribution in [0.3, 0.4) is 0 Å². The van der Waals surface area contributed by atoms with Crippen LogP contribution in [0.25, 0.3) is 0 Å². The van der Waals surface area contributed by atoms with Gasteiger partial charge in [0.05, 0.1) is 11.7 Å². The van der Waals surface area contributed by atoms with Gasteiger partial charge in [0.25, 0.3) is 0 Å². The number of carbonyl (C=O) groups excluding carboxylic acids is 2. The molecule has 0 spiro atoms. The van der Waals surface area contributed by atoms with E-state index >= 15 is 0 Å². The number of aryl methyl sites for hydroxylation is 2. The van der Waals surface area contributed by atoms with E-state index in [2.05, 4.69) is 10.5 Å². The van der Waals surface area contributed by atoms with Crippen molar-refractivity contribution in [2.45, 2.75) is 52.5 Å². The number of aromatic nitrogens is 1. The number of urea groups is 1. The predicted octanol–water partition coefficient (Wildman–Crippen LogP) is 2.40. The summed E-state index contributed by atoms with van der Waals surface area (Å²) in [6, 6.07) is -0.182. The first-order valence-corrected chi connectivity index (χ1v) is 9.28. The highest BCUT2D eigenvalue weighted by atomic mass is 16.5. The quantitative estimate of drug-likeness (QED) is 0.906. The molecule has 0 unspecified atom stereocenters. The number of hydrogen-bond acceptors (Lipinski definition) is 4. The van der Waals surface area contributed by atoms with E-state index in [0.717, 1.165) is 49.2 Å². The number of nitrogens with zero attached hydrogens (tertiary/aromatic N) is 3. The van der Waals surface area contributed by atoms with Gasteiger partial charge in [-0.25, -0.2) is 4.79 Å². The SMILES string of the molecule is CC[C@H](NC(=O)N1CCCN(C(=O)C2CC2)CC1)c1c(C)noc1C. The minimum Gasteiger partial charge on any atom is -0.361 e. The van der Waals surface area contributed by atoms with E-state index in [0.29, 0.717) is 19.6 Å². The van der Waals surface area contributed by atoms with Crippen LogP contribution in [-0.4, -0.2) is 53.1 Å². The Kier molecular flexibility index (Phi) is 5.30. The minimum atomic E-state index is -0.105. The summed E-state index contributed by atoms with van der Waals surface area (Å²) in [6.45, 7) is 8.45. The van der Waals surface area contributed by atoms with E-state index in [1.165, 1.54) is 0 Å². The van der Waals surface area contributed by atoms with Crippen molar-refractivity contribution in [1.82, 2.24) is 20.3 Å². The van der Waals surface area contributed by atoms with Crippen LogP contribution in [0, 0.1) is 19.8 Å². The smallest absolute Gasteiger partial charge is 0.317 e. The molecule has 138 valence electrons. The van der Waals surface area contributed by atoms with E-state index in [-0.39, 0.29) is 23.9 Å². The van der Waals surface area contributed by atoms with Gasteiger partial charge in [0.2, 0.25) is 5.91 Å². The first-order valence-electron chi connectivity index (χ1n) is 9.28. The highest BCUT2D eigenvalue weighted by Gasteiger charge is 2.34. The number of hydrogen-bond donors (Lipinski definition) is 1. The molecule has 0 bridgehead atoms. The van der Waals surface area contributed by atoms with Crippen molar-refractivity contribution in [2.24, 2.45) is 5.92 Å². The van der Waals surface area contributed by atoms with E-state index in [9.17, 15) is 9.59 Å². The third-order valence-corrected chi connectivity index (χ3v) is 5.16. The van der Waals surface area contributed by atoms with Crippen molar-refractivity contribution in [2.75, 3.05) is 26.2 Å². The summed E-state index contributed by atoms with van der Waals surface area (Å²) < 4.78 is 5.23. The zero-order valence-electron chi connectivity index (χ0n) is 15.4. The highest BCUT2D eigenvalue weighted by molar-refractivity contribution is 5.81. The topological polar surface area (TPSA) is 78.7 Å². The molecule has 2 aliphatic rings. The summed E-state index contributed by atoms with van der Waals surface area (Å²) in [5, 5.41) is 7.10. The van der Waals surface area contributed by atoms with E-state index in [4.69, 9.17) is 4.52 Å². The fourth-order valence-corrected chi connectivity index (χ4v) is 3.54. The van der Waals surface area contributed by atoms with Gasteiger partial charge in [0.1, 0.15) is 5.76 Å². The molecule has 1 saturated carbocycles. The Bertz CT molecular complexity index is 619. The first kappa shape index (κ1) is 17.8. The third kappa shape index (κ3) is 3.96. The Hall–Kier alpha value is -2.05. The lowest BCUT2D eigenvalue weighted by Crippen LogP contribution is -2.44. The summed E-state index contributed by atoms with van der Waals surface area (Å²) in [5.74, 6) is 1.26. The molecule has 0 aromatic carbocycles. The average Bonchev–Trinajstić information content (AvgIpc) is 3.41. The normalized spacial score (nSPS) is 19.5. The van der Waals surface area contributed by atoms with Gasteiger partial charge in [-0.05, 0) is 39.5 Å². The van der Waals surface area contributed by atoms with Gasteiger partial charge in [0, 0.05) is 37.7 Å². The Morgan fingerprint density at radius 2 is 1.88 bits per heavy atom. The van der Waals surface area contributed by atoms with Crippen LogP contribution in [-0.2, 0) is 4.79 Å². The third-order valence-electron chi connectivity index (χ3n) is 5.16. The van der Waals surface area contributed by atoms with E-state index in [1.807, 2.05) is 30.6 Å². The monoisotopic (exact) mass is 348 g/mol. The Morgan fingerprint density at radius 3 is 2.48 bits per heavy atom. The molecule has 1 aliphatic heterocycles. The lowest BCUT2D eigenvalue weighted by Gasteiger charge is -2.25. The van der Waals surface area contributed by atoms with Gasteiger partial charge in [-0.2, -0.15) is 0 Å². The van der Waals surface area contributed by atoms with Crippen molar-refractivity contribution in [1.29, 1.82) is 0 Å². The zero-order valence-corrected chi connectivity index (χ0v) is 15.4. The molecule has 1 aromatic heterocycles. The van der Waals surface area contributed by atoms with Crippen LogP contribution in [0.4, 0.5) is 4.79 Å². The number of rotatable bonds is 4. The highest BCUT2D eigenvalue weighted by Crippen LogP contribution is 2.31. The van der Waals surface area contributed by atoms with Gasteiger partial charge in [-0.1, -0.05) is 12.1 Å². The van der Waals surface area contributed by atoms with Crippen molar-refractivity contribution in [3.8, 4) is 0 Å². The van der Waals surface area contributed by atoms with Crippen LogP contribution in [0.2, 0.25) is 0 Å². The lowest BCUT2D eigenvalue weighted by molar-refractivity contribution is -0.132. The minimum absolute atomic E-state index is 0.0763. The Morgan fingerprint density at radius 1 is 1.20 bits per heavy atom. The molecule has 7 nitrogen and oxygen atoms in total. The Balaban J connectivity index is 1.59. The largest absolute Gasteiger partial charge is 0.361 e. The van der Waals surface area contributed by atoms with Crippen LogP contribution in [0.15, 0.2) is 4.52 Å². The molecule has 1 saturated heterocycles. The molecule has 1 N–H and O–H groups in total. The summed E-state index contributed by atoms with van der Waals surface area (Å²) in [5.41, 5.74) is 1.79. The molecular formula is C18H28N4O3. The summed E-state index contributed by atoms with van der Waals surface area (Å²) >= 11 is 0. The second-order valence-corrected chi connectivity index (χ2v) is 7.09. The molecule has 3 rings (SSSR count). The molecule has 1 atom stereocenters. The second kappa shape index (κ2) is 7.45. The predicted molar refractivity (Wildman–Crippen MR) is 93.0 cm³/mol. The van der Waals surface area contributed by atoms with Crippen molar-refractivity contribution >= 4 is 11.9 Å². The van der Waals surface area contributed by atoms with Crippen LogP contribution in [0.5, 0.6) is 0 Å². The number of amides is 3. The van der Waals surface area contributed by atoms with Crippen LogP contribution in [0.1, 0.15) is 55.7 Å². The summed E-state index contributed by atoms with van der Waals surface area (Å²) in [7, 11) is 0. The maximum Gasteiger partial charge on any atom is 0.317 e. The molecule has 2 heterocycles. The lowest BCUT2D eigenvalue weighted by atomic mass is 10.0. The Labute approximate surface area is 148 Å². The van der Waals surface area contributed by atoms with Gasteiger partial charge < -0.3 is 19.6 Å². The van der Waals surface area contributed by atoms with Crippen molar-refractivity contribution < 1.29 is 14.1 Å². The van der Waals surface area contributed by atoms with E-state index in [1.54, 1.807) is 0 Å². The maximum absolute atomic E-state index is 12.7. The molecule has 2 fully saturated rings. The van der Waals surface area contributed by atoms with Gasteiger partial charge in [-0.15, -0.1) is 0 Å². The molecule has 0 radical (unpaired) electrons. The summed E-state index contributed by atoms with van der Waals surface area (Å²) in [4.78, 5) is 28.7. The molecular weight excluding hydrogens is 320 g/mol. The van der Waals surface area contributed by atoms with Crippen molar-refractivity contribution in [3.05, 3.63) is 17.0 Å². The van der Waals surface area contributed by atoms with Crippen LogP contribution < -0.4 is 5.32 Å². The standard InChI is InChI=1S/C18H28N4O3/c1-4-15(16-12(2)20-25-13(16)3)19-18(24)22-9-5-8-21(10-11-22)17(23)14-6-7-14/h14-15H,4-11H2,1-3H3,(H,19,24)/t15-/m0/s1. The number of carbonyl (C=O) groups is 2. The van der Waals surface area contributed by atoms with E-state index < -0.39 is 0 Å². The number of nitrogens with one attached hydrogen (secondary N) is 1. The molecule has 25 heavy (non-hydrogen) atoms.